The fourth-order valence-electron chi connectivity index (χ4n) is 5.50. The molecule has 6 heteroatoms. The summed E-state index contributed by atoms with van der Waals surface area (Å²) in [4.78, 5) is 2.26. The number of hydrogen-bond donors (Lipinski definition) is 1. The Bertz CT molecular complexity index is 1130. The van der Waals surface area contributed by atoms with E-state index < -0.39 is 5.79 Å². The number of phenols is 1. The van der Waals surface area contributed by atoms with Crippen molar-refractivity contribution in [3.8, 4) is 5.75 Å². The zero-order chi connectivity index (χ0) is 23.2. The van der Waals surface area contributed by atoms with Crippen molar-refractivity contribution in [2.45, 2.75) is 57.2 Å². The molecule has 5 rings (SSSR count). The maximum Gasteiger partial charge on any atom is 0.280 e. The Balaban J connectivity index is 1.44. The lowest BCUT2D eigenvalue weighted by atomic mass is 9.78. The van der Waals surface area contributed by atoms with Gasteiger partial charge in [0, 0.05) is 36.8 Å². The topological polar surface area (TPSA) is 41.9 Å². The molecule has 172 valence electrons. The molecule has 1 fully saturated rings. The Kier molecular flexibility index (Phi) is 5.91. The molecule has 2 aromatic carbocycles. The number of phenolic OH excluding ortho intramolecular Hbond substituents is 1. The van der Waals surface area contributed by atoms with E-state index in [0.717, 1.165) is 61.0 Å². The summed E-state index contributed by atoms with van der Waals surface area (Å²) in [5.74, 6) is -0.373. The molecular weight excluding hydrogens is 450 g/mol. The number of nitrogens with zero attached hydrogens (tertiary/aromatic N) is 1. The van der Waals surface area contributed by atoms with E-state index in [-0.39, 0.29) is 16.0 Å². The van der Waals surface area contributed by atoms with Gasteiger partial charge in [0.25, 0.3) is 5.79 Å². The van der Waals surface area contributed by atoms with Crippen LogP contribution in [-0.4, -0.2) is 34.6 Å². The molecular formula is C27H29NO3S2. The zero-order valence-electron chi connectivity index (χ0n) is 19.1. The molecule has 1 unspecified atom stereocenters. The Hall–Kier alpha value is -2.44. The Morgan fingerprint density at radius 3 is 2.58 bits per heavy atom. The smallest absolute Gasteiger partial charge is 0.280 e. The first-order chi connectivity index (χ1) is 15.9. The van der Waals surface area contributed by atoms with Gasteiger partial charge in [-0.1, -0.05) is 37.3 Å². The predicted molar refractivity (Wildman–Crippen MR) is 140 cm³/mol. The molecule has 33 heavy (non-hydrogen) atoms. The largest absolute Gasteiger partial charge is 0.508 e. The molecule has 1 N–H and O–H groups in total. The summed E-state index contributed by atoms with van der Waals surface area (Å²) in [6.07, 6.45) is 5.77. The summed E-state index contributed by atoms with van der Waals surface area (Å²) < 4.78 is 12.2. The van der Waals surface area contributed by atoms with E-state index in [2.05, 4.69) is 49.2 Å². The van der Waals surface area contributed by atoms with Gasteiger partial charge in [-0.2, -0.15) is 0 Å². The van der Waals surface area contributed by atoms with Crippen LogP contribution in [0.1, 0.15) is 61.6 Å². The third kappa shape index (κ3) is 4.04. The molecule has 1 saturated heterocycles. The minimum atomic E-state index is -0.951. The first-order valence-electron chi connectivity index (χ1n) is 11.7. The zero-order valence-corrected chi connectivity index (χ0v) is 20.7. The monoisotopic (exact) mass is 479 g/mol. The third-order valence-electron chi connectivity index (χ3n) is 7.13. The summed E-state index contributed by atoms with van der Waals surface area (Å²) in [6, 6.07) is 14.6. The number of aromatic hydroxyl groups is 1. The van der Waals surface area contributed by atoms with Crippen molar-refractivity contribution in [1.82, 2.24) is 0 Å². The summed E-state index contributed by atoms with van der Waals surface area (Å²) >= 11 is 10.6. The lowest BCUT2D eigenvalue weighted by Crippen LogP contribution is -2.40. The Morgan fingerprint density at radius 1 is 1.12 bits per heavy atom. The van der Waals surface area contributed by atoms with E-state index in [1.54, 1.807) is 0 Å². The molecule has 0 radical (unpaired) electrons. The highest BCUT2D eigenvalue weighted by atomic mass is 32.1. The van der Waals surface area contributed by atoms with Gasteiger partial charge in [0.05, 0.1) is 0 Å². The van der Waals surface area contributed by atoms with Crippen LogP contribution in [0, 0.1) is 0 Å². The van der Waals surface area contributed by atoms with E-state index in [4.69, 9.17) is 33.9 Å². The van der Waals surface area contributed by atoms with Crippen molar-refractivity contribution in [3.05, 3.63) is 64.7 Å². The summed E-state index contributed by atoms with van der Waals surface area (Å²) in [7, 11) is 2.11. The Morgan fingerprint density at radius 2 is 1.85 bits per heavy atom. The molecule has 2 heterocycles. The highest BCUT2D eigenvalue weighted by molar-refractivity contribution is 7.88. The van der Waals surface area contributed by atoms with Crippen LogP contribution in [0.2, 0.25) is 0 Å². The summed E-state index contributed by atoms with van der Waals surface area (Å²) in [5.41, 5.74) is 6.67. The maximum atomic E-state index is 11.1. The average Bonchev–Trinajstić information content (AvgIpc) is 3.07. The van der Waals surface area contributed by atoms with Gasteiger partial charge in [0.15, 0.2) is 0 Å². The molecule has 0 bridgehead atoms. The first-order valence-corrected chi connectivity index (χ1v) is 12.5. The average molecular weight is 480 g/mol. The number of thiocarbonyl (C=S) groups is 2. The summed E-state index contributed by atoms with van der Waals surface area (Å²) in [5, 5.41) is 11.6. The van der Waals surface area contributed by atoms with E-state index in [9.17, 15) is 5.11 Å². The third-order valence-corrected chi connectivity index (χ3v) is 7.80. The number of anilines is 1. The number of hydrogen-bond acceptors (Lipinski definition) is 6. The number of ether oxygens (including phenoxy) is 2. The molecule has 2 aromatic rings. The highest BCUT2D eigenvalue weighted by Crippen LogP contribution is 2.52. The van der Waals surface area contributed by atoms with E-state index in [1.165, 1.54) is 11.1 Å². The van der Waals surface area contributed by atoms with Gasteiger partial charge in [-0.25, -0.2) is 0 Å². The van der Waals surface area contributed by atoms with Gasteiger partial charge in [-0.05, 0) is 91.3 Å². The van der Waals surface area contributed by atoms with Crippen LogP contribution in [-0.2, 0) is 15.9 Å². The van der Waals surface area contributed by atoms with Crippen molar-refractivity contribution >= 4 is 45.8 Å². The van der Waals surface area contributed by atoms with Crippen molar-refractivity contribution in [1.29, 1.82) is 0 Å². The number of likely N-dealkylation sites (N-methyl/N-ethyl adjacent to an activating group) is 1. The molecule has 0 aromatic heterocycles. The van der Waals surface area contributed by atoms with Gasteiger partial charge < -0.3 is 19.5 Å². The molecule has 2 aliphatic heterocycles. The second-order valence-electron chi connectivity index (χ2n) is 9.43. The lowest BCUT2D eigenvalue weighted by Gasteiger charge is -2.41. The molecule has 4 nitrogen and oxygen atoms in total. The lowest BCUT2D eigenvalue weighted by molar-refractivity contribution is -0.0595. The molecule has 1 atom stereocenters. The standard InChI is InChI=1S/C27H29NO3S2/c1-17(8-6-11-18-9-4-3-5-10-18)20-14-22-21(15-23(20)29)24-19(16-28(22)2)12-7-13-27(24)30-25(32)26(33)31-27/h3-5,9-10,14-15,17,29H,6-8,11-13,16H2,1-2H3. The molecule has 1 aliphatic carbocycles. The fourth-order valence-corrected chi connectivity index (χ4v) is 5.86. The van der Waals surface area contributed by atoms with Crippen LogP contribution in [0.4, 0.5) is 5.69 Å². The number of rotatable bonds is 5. The van der Waals surface area contributed by atoms with Gasteiger partial charge in [0.2, 0.25) is 10.1 Å². The van der Waals surface area contributed by atoms with Gasteiger partial charge >= 0.3 is 0 Å². The van der Waals surface area contributed by atoms with E-state index >= 15 is 0 Å². The van der Waals surface area contributed by atoms with Crippen LogP contribution < -0.4 is 4.90 Å². The number of aryl methyl sites for hydroxylation is 1. The van der Waals surface area contributed by atoms with E-state index in [1.807, 2.05) is 12.1 Å². The van der Waals surface area contributed by atoms with Crippen LogP contribution in [0.3, 0.4) is 0 Å². The molecule has 0 saturated carbocycles. The van der Waals surface area contributed by atoms with Gasteiger partial charge in [-0.15, -0.1) is 0 Å². The van der Waals surface area contributed by atoms with Crippen molar-refractivity contribution in [3.63, 3.8) is 0 Å². The molecule has 1 spiro atoms. The fraction of sp³-hybridized carbons (Fsp3) is 0.407. The highest BCUT2D eigenvalue weighted by Gasteiger charge is 2.52. The predicted octanol–water partition coefficient (Wildman–Crippen LogP) is 6.30. The number of benzene rings is 2. The van der Waals surface area contributed by atoms with Gasteiger partial charge in [-0.3, -0.25) is 0 Å². The minimum Gasteiger partial charge on any atom is -0.508 e. The van der Waals surface area contributed by atoms with Crippen LogP contribution in [0.15, 0.2) is 48.0 Å². The van der Waals surface area contributed by atoms with Crippen molar-refractivity contribution < 1.29 is 14.6 Å². The second kappa shape index (κ2) is 8.73. The first kappa shape index (κ1) is 22.4. The number of fused-ring (bicyclic) bond motifs is 3. The van der Waals surface area contributed by atoms with Gasteiger partial charge in [0.1, 0.15) is 5.75 Å². The summed E-state index contributed by atoms with van der Waals surface area (Å²) in [6.45, 7) is 3.01. The maximum absolute atomic E-state index is 11.1. The van der Waals surface area contributed by atoms with E-state index in [0.29, 0.717) is 12.2 Å². The molecule has 0 amide bonds. The quantitative estimate of drug-likeness (QED) is 0.507. The van der Waals surface area contributed by atoms with Crippen molar-refractivity contribution in [2.75, 3.05) is 18.5 Å². The normalized spacial score (nSPS) is 19.8. The Labute approximate surface area is 206 Å². The molecule has 3 aliphatic rings. The minimum absolute atomic E-state index is 0.252. The van der Waals surface area contributed by atoms with Crippen LogP contribution in [0.5, 0.6) is 5.75 Å². The SMILES string of the molecule is CC(CCCc1ccccc1)c1cc2c(cc1O)C1=C(CCCC13OC(=S)C(=S)O3)CN2C. The second-order valence-corrected chi connectivity index (χ2v) is 10.2. The van der Waals surface area contributed by atoms with Crippen LogP contribution >= 0.6 is 24.4 Å². The van der Waals surface area contributed by atoms with Crippen molar-refractivity contribution in [2.24, 2.45) is 0 Å². The van der Waals surface area contributed by atoms with Crippen LogP contribution in [0.25, 0.3) is 5.57 Å².